The lowest BCUT2D eigenvalue weighted by atomic mass is 9.73. The summed E-state index contributed by atoms with van der Waals surface area (Å²) in [6.45, 7) is 10.9. The van der Waals surface area contributed by atoms with Crippen LogP contribution >= 0.6 is 0 Å². The Morgan fingerprint density at radius 3 is 1.93 bits per heavy atom. The van der Waals surface area contributed by atoms with Crippen molar-refractivity contribution < 1.29 is 14.3 Å². The predicted octanol–water partition coefficient (Wildman–Crippen LogP) is 6.17. The maximum absolute atomic E-state index is 13.1. The van der Waals surface area contributed by atoms with Crippen LogP contribution in [0.25, 0.3) is 0 Å². The highest BCUT2D eigenvalue weighted by molar-refractivity contribution is 5.76. The van der Waals surface area contributed by atoms with Crippen molar-refractivity contribution in [2.75, 3.05) is 0 Å². The van der Waals surface area contributed by atoms with Crippen molar-refractivity contribution in [3.63, 3.8) is 0 Å². The second-order valence-corrected chi connectivity index (χ2v) is 8.97. The van der Waals surface area contributed by atoms with Gasteiger partial charge in [0, 0.05) is 6.42 Å². The van der Waals surface area contributed by atoms with Crippen molar-refractivity contribution in [2.45, 2.75) is 66.8 Å². The van der Waals surface area contributed by atoms with Gasteiger partial charge in [-0.05, 0) is 36.3 Å². The molecule has 0 aliphatic rings. The summed E-state index contributed by atoms with van der Waals surface area (Å²) >= 11 is 0. The van der Waals surface area contributed by atoms with Crippen LogP contribution < -0.4 is 0 Å². The van der Waals surface area contributed by atoms with Crippen LogP contribution in [0, 0.1) is 10.8 Å². The quantitative estimate of drug-likeness (QED) is 0.384. The first-order chi connectivity index (χ1) is 13.2. The molecule has 0 amide bonds. The minimum atomic E-state index is -0.610. The van der Waals surface area contributed by atoms with Gasteiger partial charge in [0.05, 0.1) is 12.0 Å². The molecule has 0 saturated heterocycles. The third kappa shape index (κ3) is 7.12. The van der Waals surface area contributed by atoms with Crippen molar-refractivity contribution in [3.05, 3.63) is 71.8 Å². The van der Waals surface area contributed by atoms with E-state index in [0.717, 1.165) is 24.0 Å². The highest BCUT2D eigenvalue weighted by atomic mass is 16.7. The number of hydrogen-bond acceptors (Lipinski definition) is 3. The van der Waals surface area contributed by atoms with Crippen LogP contribution in [0.2, 0.25) is 0 Å². The first kappa shape index (κ1) is 22.2. The Kier molecular flexibility index (Phi) is 7.82. The molecule has 2 atom stereocenters. The molecule has 2 unspecified atom stereocenters. The third-order valence-electron chi connectivity index (χ3n) is 4.96. The van der Waals surface area contributed by atoms with Gasteiger partial charge in [-0.15, -0.1) is 0 Å². The fourth-order valence-electron chi connectivity index (χ4n) is 3.48. The Morgan fingerprint density at radius 2 is 1.43 bits per heavy atom. The van der Waals surface area contributed by atoms with E-state index in [1.165, 1.54) is 0 Å². The van der Waals surface area contributed by atoms with E-state index < -0.39 is 11.7 Å². The van der Waals surface area contributed by atoms with Gasteiger partial charge in [-0.25, -0.2) is 0 Å². The van der Waals surface area contributed by atoms with Gasteiger partial charge in [0.1, 0.15) is 0 Å². The molecule has 0 aliphatic heterocycles. The standard InChI is InChI=1S/C25H34O3/c1-6-25(5,19-24(2,3)4)23(26)28-22(17-20-13-9-7-10-14-20)27-18-21-15-11-8-12-16-21/h7-16,22H,6,17-19H2,1-5H3. The fourth-order valence-corrected chi connectivity index (χ4v) is 3.48. The van der Waals surface area contributed by atoms with Crippen LogP contribution in [-0.4, -0.2) is 12.3 Å². The van der Waals surface area contributed by atoms with Crippen molar-refractivity contribution in [2.24, 2.45) is 10.8 Å². The van der Waals surface area contributed by atoms with E-state index in [1.54, 1.807) is 0 Å². The second kappa shape index (κ2) is 9.88. The molecule has 28 heavy (non-hydrogen) atoms. The molecule has 3 nitrogen and oxygen atoms in total. The van der Waals surface area contributed by atoms with Crippen LogP contribution in [0.4, 0.5) is 0 Å². The van der Waals surface area contributed by atoms with E-state index in [9.17, 15) is 4.79 Å². The normalized spacial score (nSPS) is 14.9. The summed E-state index contributed by atoms with van der Waals surface area (Å²) in [5.41, 5.74) is 1.67. The lowest BCUT2D eigenvalue weighted by molar-refractivity contribution is -0.193. The number of hydrogen-bond donors (Lipinski definition) is 0. The maximum Gasteiger partial charge on any atom is 0.314 e. The van der Waals surface area contributed by atoms with Gasteiger partial charge in [0.15, 0.2) is 0 Å². The largest absolute Gasteiger partial charge is 0.435 e. The van der Waals surface area contributed by atoms with E-state index in [4.69, 9.17) is 9.47 Å². The molecule has 0 aliphatic carbocycles. The lowest BCUT2D eigenvalue weighted by Crippen LogP contribution is -2.37. The molecule has 152 valence electrons. The number of carbonyl (C=O) groups excluding carboxylic acids is 1. The van der Waals surface area contributed by atoms with Gasteiger partial charge in [-0.1, -0.05) is 88.4 Å². The summed E-state index contributed by atoms with van der Waals surface area (Å²) in [7, 11) is 0. The Bertz CT molecular complexity index is 718. The molecule has 3 heteroatoms. The molecule has 0 bridgehead atoms. The number of ether oxygens (including phenoxy) is 2. The zero-order chi connectivity index (χ0) is 20.6. The van der Waals surface area contributed by atoms with Gasteiger partial charge in [-0.3, -0.25) is 4.79 Å². The van der Waals surface area contributed by atoms with Crippen molar-refractivity contribution in [1.29, 1.82) is 0 Å². The van der Waals surface area contributed by atoms with E-state index >= 15 is 0 Å². The summed E-state index contributed by atoms with van der Waals surface area (Å²) in [6, 6.07) is 20.0. The molecule has 2 rings (SSSR count). The van der Waals surface area contributed by atoms with E-state index in [-0.39, 0.29) is 11.4 Å². The van der Waals surface area contributed by atoms with E-state index in [0.29, 0.717) is 13.0 Å². The Labute approximate surface area is 170 Å². The van der Waals surface area contributed by atoms with E-state index in [1.807, 2.05) is 74.5 Å². The number of rotatable bonds is 9. The molecule has 2 aromatic carbocycles. The number of esters is 1. The number of benzene rings is 2. The van der Waals surface area contributed by atoms with Crippen molar-refractivity contribution in [3.8, 4) is 0 Å². The summed E-state index contributed by atoms with van der Waals surface area (Å²) in [5.74, 6) is -0.182. The Hall–Kier alpha value is -2.13. The van der Waals surface area contributed by atoms with Gasteiger partial charge in [-0.2, -0.15) is 0 Å². The van der Waals surface area contributed by atoms with Gasteiger partial charge >= 0.3 is 5.97 Å². The predicted molar refractivity (Wildman–Crippen MR) is 114 cm³/mol. The lowest BCUT2D eigenvalue weighted by Gasteiger charge is -2.34. The smallest absolute Gasteiger partial charge is 0.314 e. The Balaban J connectivity index is 2.11. The highest BCUT2D eigenvalue weighted by Gasteiger charge is 2.38. The van der Waals surface area contributed by atoms with Crippen molar-refractivity contribution in [1.82, 2.24) is 0 Å². The van der Waals surface area contributed by atoms with Crippen LogP contribution in [0.5, 0.6) is 0 Å². The molecular weight excluding hydrogens is 348 g/mol. The highest BCUT2D eigenvalue weighted by Crippen LogP contribution is 2.37. The third-order valence-corrected chi connectivity index (χ3v) is 4.96. The van der Waals surface area contributed by atoms with Crippen LogP contribution in [0.3, 0.4) is 0 Å². The molecule has 2 aromatic rings. The van der Waals surface area contributed by atoms with Gasteiger partial charge < -0.3 is 9.47 Å². The van der Waals surface area contributed by atoms with Gasteiger partial charge in [0.2, 0.25) is 6.29 Å². The molecule has 0 fully saturated rings. The fraction of sp³-hybridized carbons (Fsp3) is 0.480. The van der Waals surface area contributed by atoms with Crippen LogP contribution in [0.15, 0.2) is 60.7 Å². The zero-order valence-corrected chi connectivity index (χ0v) is 17.9. The Morgan fingerprint density at radius 1 is 0.893 bits per heavy atom. The van der Waals surface area contributed by atoms with Crippen molar-refractivity contribution >= 4 is 5.97 Å². The first-order valence-corrected chi connectivity index (χ1v) is 10.1. The summed E-state index contributed by atoms with van der Waals surface area (Å²) < 4.78 is 11.9. The topological polar surface area (TPSA) is 35.5 Å². The molecule has 0 aromatic heterocycles. The second-order valence-electron chi connectivity index (χ2n) is 8.97. The summed E-state index contributed by atoms with van der Waals surface area (Å²) in [5, 5.41) is 0. The minimum absolute atomic E-state index is 0.0452. The summed E-state index contributed by atoms with van der Waals surface area (Å²) in [6.07, 6.45) is 1.43. The van der Waals surface area contributed by atoms with E-state index in [2.05, 4.69) is 20.8 Å². The number of carbonyl (C=O) groups is 1. The molecule has 0 saturated carbocycles. The molecular formula is C25H34O3. The molecule has 0 N–H and O–H groups in total. The molecule has 0 heterocycles. The zero-order valence-electron chi connectivity index (χ0n) is 17.9. The first-order valence-electron chi connectivity index (χ1n) is 10.1. The maximum atomic E-state index is 13.1. The van der Waals surface area contributed by atoms with Crippen LogP contribution in [-0.2, 0) is 27.3 Å². The van der Waals surface area contributed by atoms with Gasteiger partial charge in [0.25, 0.3) is 0 Å². The molecule has 0 radical (unpaired) electrons. The summed E-state index contributed by atoms with van der Waals surface area (Å²) in [4.78, 5) is 13.1. The average Bonchev–Trinajstić information content (AvgIpc) is 2.66. The SMILES string of the molecule is CCC(C)(CC(C)(C)C)C(=O)OC(Cc1ccccc1)OCc1ccccc1. The van der Waals surface area contributed by atoms with Crippen LogP contribution in [0.1, 0.15) is 58.6 Å². The molecule has 0 spiro atoms. The minimum Gasteiger partial charge on any atom is -0.435 e. The average molecular weight is 383 g/mol. The monoisotopic (exact) mass is 382 g/mol.